The first-order valence-corrected chi connectivity index (χ1v) is 5.98. The van der Waals surface area contributed by atoms with Crippen molar-refractivity contribution in [1.29, 1.82) is 0 Å². The molecule has 0 bridgehead atoms. The predicted octanol–water partition coefficient (Wildman–Crippen LogP) is 3.03. The molecule has 0 aliphatic carbocycles. The van der Waals surface area contributed by atoms with E-state index in [-0.39, 0.29) is 5.56 Å². The zero-order valence-electron chi connectivity index (χ0n) is 10.6. The van der Waals surface area contributed by atoms with E-state index in [2.05, 4.69) is 0 Å². The number of nitrogens with two attached hydrogens (primary N) is 1. The van der Waals surface area contributed by atoms with E-state index in [9.17, 15) is 4.79 Å². The van der Waals surface area contributed by atoms with E-state index < -0.39 is 5.97 Å². The van der Waals surface area contributed by atoms with Crippen molar-refractivity contribution in [1.82, 2.24) is 0 Å². The van der Waals surface area contributed by atoms with Crippen LogP contribution in [0.2, 0.25) is 0 Å². The number of carboxylic acids is 1. The van der Waals surface area contributed by atoms with Gasteiger partial charge in [0.2, 0.25) is 0 Å². The van der Waals surface area contributed by atoms with E-state index in [1.807, 2.05) is 31.2 Å². The Bertz CT molecular complexity index is 591. The Morgan fingerprint density at radius 1 is 1.21 bits per heavy atom. The molecule has 0 fully saturated rings. The molecule has 0 amide bonds. The summed E-state index contributed by atoms with van der Waals surface area (Å²) in [6.45, 7) is 2.53. The van der Waals surface area contributed by atoms with Crippen molar-refractivity contribution in [3.63, 3.8) is 0 Å². The van der Waals surface area contributed by atoms with Crippen LogP contribution in [0.15, 0.2) is 42.5 Å². The third kappa shape index (κ3) is 2.85. The molecule has 3 N–H and O–H groups in total. The van der Waals surface area contributed by atoms with Gasteiger partial charge in [-0.15, -0.1) is 0 Å². The number of nitrogen functional groups attached to an aromatic ring is 1. The fourth-order valence-electron chi connectivity index (χ4n) is 1.84. The highest BCUT2D eigenvalue weighted by molar-refractivity contribution is 5.91. The molecule has 0 radical (unpaired) electrons. The Morgan fingerprint density at radius 3 is 2.47 bits per heavy atom. The number of rotatable bonds is 4. The molecule has 0 atom stereocenters. The monoisotopic (exact) mass is 257 g/mol. The minimum absolute atomic E-state index is 0.220. The summed E-state index contributed by atoms with van der Waals surface area (Å²) in [4.78, 5) is 11.0. The molecule has 0 heterocycles. The summed E-state index contributed by atoms with van der Waals surface area (Å²) in [6, 6.07) is 12.1. The van der Waals surface area contributed by atoms with Crippen LogP contribution in [0.1, 0.15) is 17.3 Å². The molecule has 0 saturated carbocycles. The molecule has 0 unspecified atom stereocenters. The summed E-state index contributed by atoms with van der Waals surface area (Å²) >= 11 is 0. The Kier molecular flexibility index (Phi) is 3.71. The number of anilines is 1. The SMILES string of the molecule is CCOc1ccc(-c2cc(C(=O)O)ccc2N)cc1. The molecule has 4 nitrogen and oxygen atoms in total. The second-order valence-corrected chi connectivity index (χ2v) is 4.06. The first-order chi connectivity index (χ1) is 9.11. The van der Waals surface area contributed by atoms with Crippen LogP contribution in [0.4, 0.5) is 5.69 Å². The van der Waals surface area contributed by atoms with Gasteiger partial charge in [0.05, 0.1) is 12.2 Å². The van der Waals surface area contributed by atoms with Crippen LogP contribution >= 0.6 is 0 Å². The fourth-order valence-corrected chi connectivity index (χ4v) is 1.84. The summed E-state index contributed by atoms with van der Waals surface area (Å²) in [5.74, 6) is -0.189. The summed E-state index contributed by atoms with van der Waals surface area (Å²) in [5, 5.41) is 9.00. The van der Waals surface area contributed by atoms with Crippen LogP contribution in [0.25, 0.3) is 11.1 Å². The zero-order valence-corrected chi connectivity index (χ0v) is 10.6. The van der Waals surface area contributed by atoms with Crippen LogP contribution in [-0.2, 0) is 0 Å². The predicted molar refractivity (Wildman–Crippen MR) is 74.4 cm³/mol. The second-order valence-electron chi connectivity index (χ2n) is 4.06. The maximum atomic E-state index is 11.0. The lowest BCUT2D eigenvalue weighted by molar-refractivity contribution is 0.0697. The van der Waals surface area contributed by atoms with Crippen molar-refractivity contribution in [2.75, 3.05) is 12.3 Å². The van der Waals surface area contributed by atoms with E-state index in [4.69, 9.17) is 15.6 Å². The van der Waals surface area contributed by atoms with Gasteiger partial charge in [0, 0.05) is 11.3 Å². The molecule has 0 aliphatic rings. The van der Waals surface area contributed by atoms with Gasteiger partial charge in [-0.25, -0.2) is 4.79 Å². The van der Waals surface area contributed by atoms with Crippen molar-refractivity contribution >= 4 is 11.7 Å². The van der Waals surface area contributed by atoms with Crippen molar-refractivity contribution in [3.05, 3.63) is 48.0 Å². The molecule has 0 aliphatic heterocycles. The first kappa shape index (κ1) is 13.0. The molecule has 4 heteroatoms. The Balaban J connectivity index is 2.40. The van der Waals surface area contributed by atoms with Gasteiger partial charge in [-0.3, -0.25) is 0 Å². The van der Waals surface area contributed by atoms with Gasteiger partial charge in [-0.1, -0.05) is 12.1 Å². The third-order valence-electron chi connectivity index (χ3n) is 2.78. The minimum Gasteiger partial charge on any atom is -0.494 e. The highest BCUT2D eigenvalue weighted by Gasteiger charge is 2.08. The number of carbonyl (C=O) groups is 1. The molecular formula is C15H15NO3. The fraction of sp³-hybridized carbons (Fsp3) is 0.133. The average Bonchev–Trinajstić information content (AvgIpc) is 2.40. The molecule has 0 spiro atoms. The third-order valence-corrected chi connectivity index (χ3v) is 2.78. The number of ether oxygens (including phenoxy) is 1. The Morgan fingerprint density at radius 2 is 1.89 bits per heavy atom. The highest BCUT2D eigenvalue weighted by atomic mass is 16.5. The van der Waals surface area contributed by atoms with Crippen molar-refractivity contribution in [3.8, 4) is 16.9 Å². The lowest BCUT2D eigenvalue weighted by atomic mass is 10.0. The second kappa shape index (κ2) is 5.44. The summed E-state index contributed by atoms with van der Waals surface area (Å²) < 4.78 is 5.36. The van der Waals surface area contributed by atoms with E-state index in [1.54, 1.807) is 12.1 Å². The molecule has 2 rings (SSSR count). The molecule has 98 valence electrons. The lowest BCUT2D eigenvalue weighted by Gasteiger charge is -2.08. The van der Waals surface area contributed by atoms with Gasteiger partial charge in [-0.05, 0) is 42.8 Å². The summed E-state index contributed by atoms with van der Waals surface area (Å²) in [5.41, 5.74) is 8.24. The van der Waals surface area contributed by atoms with Gasteiger partial charge >= 0.3 is 5.97 Å². The van der Waals surface area contributed by atoms with Crippen LogP contribution < -0.4 is 10.5 Å². The molecule has 0 saturated heterocycles. The van der Waals surface area contributed by atoms with E-state index in [1.165, 1.54) is 6.07 Å². The maximum absolute atomic E-state index is 11.0. The van der Waals surface area contributed by atoms with Crippen molar-refractivity contribution < 1.29 is 14.6 Å². The molecule has 2 aromatic carbocycles. The number of aromatic carboxylic acids is 1. The van der Waals surface area contributed by atoms with Gasteiger partial charge in [0.1, 0.15) is 5.75 Å². The smallest absolute Gasteiger partial charge is 0.335 e. The van der Waals surface area contributed by atoms with E-state index >= 15 is 0 Å². The average molecular weight is 257 g/mol. The standard InChI is InChI=1S/C15H15NO3/c1-2-19-12-6-3-10(4-7-12)13-9-11(15(17)18)5-8-14(13)16/h3-9H,2,16H2,1H3,(H,17,18). The quantitative estimate of drug-likeness (QED) is 0.826. The largest absolute Gasteiger partial charge is 0.494 e. The van der Waals surface area contributed by atoms with E-state index in [0.717, 1.165) is 11.3 Å². The van der Waals surface area contributed by atoms with Crippen LogP contribution in [0, 0.1) is 0 Å². The molecule has 19 heavy (non-hydrogen) atoms. The molecule has 0 aromatic heterocycles. The lowest BCUT2D eigenvalue weighted by Crippen LogP contribution is -1.99. The minimum atomic E-state index is -0.966. The van der Waals surface area contributed by atoms with Crippen molar-refractivity contribution in [2.45, 2.75) is 6.92 Å². The van der Waals surface area contributed by atoms with Crippen LogP contribution in [0.5, 0.6) is 5.75 Å². The van der Waals surface area contributed by atoms with Gasteiger partial charge in [0.15, 0.2) is 0 Å². The normalized spacial score (nSPS) is 10.2. The number of hydrogen-bond acceptors (Lipinski definition) is 3. The van der Waals surface area contributed by atoms with E-state index in [0.29, 0.717) is 17.9 Å². The highest BCUT2D eigenvalue weighted by Crippen LogP contribution is 2.28. The van der Waals surface area contributed by atoms with Crippen LogP contribution in [-0.4, -0.2) is 17.7 Å². The summed E-state index contributed by atoms with van der Waals surface area (Å²) in [6.07, 6.45) is 0. The summed E-state index contributed by atoms with van der Waals surface area (Å²) in [7, 11) is 0. The van der Waals surface area contributed by atoms with Gasteiger partial charge in [0.25, 0.3) is 0 Å². The van der Waals surface area contributed by atoms with Gasteiger partial charge in [-0.2, -0.15) is 0 Å². The van der Waals surface area contributed by atoms with Gasteiger partial charge < -0.3 is 15.6 Å². The number of carboxylic acid groups (broad SMARTS) is 1. The maximum Gasteiger partial charge on any atom is 0.335 e. The Labute approximate surface area is 111 Å². The number of hydrogen-bond donors (Lipinski definition) is 2. The van der Waals surface area contributed by atoms with Crippen molar-refractivity contribution in [2.24, 2.45) is 0 Å². The molecule has 2 aromatic rings. The zero-order chi connectivity index (χ0) is 13.8. The molecular weight excluding hydrogens is 242 g/mol. The Hall–Kier alpha value is -2.49. The van der Waals surface area contributed by atoms with Crippen LogP contribution in [0.3, 0.4) is 0 Å². The topological polar surface area (TPSA) is 72.5 Å². The number of benzene rings is 2. The first-order valence-electron chi connectivity index (χ1n) is 5.98.